The van der Waals surface area contributed by atoms with Crippen LogP contribution in [-0.4, -0.2) is 32.4 Å². The monoisotopic (exact) mass is 391 g/mol. The lowest BCUT2D eigenvalue weighted by molar-refractivity contribution is 0.408. The van der Waals surface area contributed by atoms with Crippen LogP contribution < -0.4 is 5.32 Å². The highest BCUT2D eigenvalue weighted by molar-refractivity contribution is 5.36. The van der Waals surface area contributed by atoms with E-state index in [0.29, 0.717) is 12.5 Å². The van der Waals surface area contributed by atoms with Crippen molar-refractivity contribution in [3.63, 3.8) is 0 Å². The van der Waals surface area contributed by atoms with Gasteiger partial charge >= 0.3 is 0 Å². The third-order valence-electron chi connectivity index (χ3n) is 6.12. The first kappa shape index (κ1) is 19.7. The molecule has 4 rings (SSSR count). The summed E-state index contributed by atoms with van der Waals surface area (Å²) < 4.78 is 2.05. The molecule has 1 unspecified atom stereocenters. The van der Waals surface area contributed by atoms with E-state index in [4.69, 9.17) is 6.42 Å². The van der Waals surface area contributed by atoms with Crippen LogP contribution in [0.4, 0.5) is 0 Å². The fourth-order valence-corrected chi connectivity index (χ4v) is 4.30. The van der Waals surface area contributed by atoms with Crippen molar-refractivity contribution in [2.45, 2.75) is 76.5 Å². The van der Waals surface area contributed by atoms with Gasteiger partial charge in [-0.15, -0.1) is 17.4 Å². The molecule has 0 spiro atoms. The van der Waals surface area contributed by atoms with Crippen LogP contribution in [0.2, 0.25) is 0 Å². The highest BCUT2D eigenvalue weighted by Gasteiger charge is 2.39. The number of aryl methyl sites for hydroxylation is 2. The standard InChI is InChI=1S/C22H29N7/c1-4-5-12-22(25-26-22)13-14-23-20(19-15-16(2)10-11-17(19)3)21-24-27-28-29(21)18-8-6-7-9-18/h1,10-11,15,18,20,23H,5-9,12-14H2,2-3H3. The summed E-state index contributed by atoms with van der Waals surface area (Å²) in [6.45, 7) is 5.04. The molecule has 2 aliphatic rings. The van der Waals surface area contributed by atoms with Crippen LogP contribution in [0.3, 0.4) is 0 Å². The SMILES string of the molecule is C#CCCC1(CCNC(c2cc(C)ccc2C)c2nnnn2C2CCCC2)N=N1. The Labute approximate surface area is 172 Å². The Morgan fingerprint density at radius 1 is 1.24 bits per heavy atom. The maximum atomic E-state index is 5.41. The summed E-state index contributed by atoms with van der Waals surface area (Å²) in [5, 5.41) is 25.1. The highest BCUT2D eigenvalue weighted by Crippen LogP contribution is 2.37. The molecule has 1 aliphatic carbocycles. The van der Waals surface area contributed by atoms with Gasteiger partial charge in [-0.1, -0.05) is 36.6 Å². The van der Waals surface area contributed by atoms with Gasteiger partial charge in [-0.05, 0) is 48.2 Å². The molecule has 0 radical (unpaired) electrons. The molecule has 7 nitrogen and oxygen atoms in total. The van der Waals surface area contributed by atoms with Gasteiger partial charge in [0.1, 0.15) is 0 Å². The topological polar surface area (TPSA) is 80.4 Å². The Bertz CT molecular complexity index is 911. The number of nitrogens with zero attached hydrogens (tertiary/aromatic N) is 6. The Hall–Kier alpha value is -2.59. The summed E-state index contributed by atoms with van der Waals surface area (Å²) in [7, 11) is 0. The maximum Gasteiger partial charge on any atom is 0.193 e. The molecule has 1 atom stereocenters. The summed E-state index contributed by atoms with van der Waals surface area (Å²) in [6, 6.07) is 6.88. The predicted octanol–water partition coefficient (Wildman–Crippen LogP) is 4.05. The van der Waals surface area contributed by atoms with Gasteiger partial charge in [0.25, 0.3) is 0 Å². The second-order valence-electron chi connectivity index (χ2n) is 8.30. The largest absolute Gasteiger partial charge is 0.303 e. The number of terminal acetylenes is 1. The summed E-state index contributed by atoms with van der Waals surface area (Å²) >= 11 is 0. The molecule has 0 saturated heterocycles. The first-order valence-electron chi connectivity index (χ1n) is 10.6. The van der Waals surface area contributed by atoms with Crippen molar-refractivity contribution in [2.75, 3.05) is 6.54 Å². The summed E-state index contributed by atoms with van der Waals surface area (Å²) in [5.41, 5.74) is 3.40. The molecule has 1 aromatic heterocycles. The summed E-state index contributed by atoms with van der Waals surface area (Å²) in [5.74, 6) is 3.59. The van der Waals surface area contributed by atoms with Crippen LogP contribution in [0.1, 0.15) is 79.5 Å². The van der Waals surface area contributed by atoms with Gasteiger partial charge in [0, 0.05) is 25.8 Å². The zero-order valence-corrected chi connectivity index (χ0v) is 17.3. The van der Waals surface area contributed by atoms with Gasteiger partial charge in [-0.3, -0.25) is 0 Å². The molecule has 1 aliphatic heterocycles. The number of benzene rings is 1. The molecule has 1 saturated carbocycles. The van der Waals surface area contributed by atoms with Crippen molar-refractivity contribution < 1.29 is 0 Å². The molecular weight excluding hydrogens is 362 g/mol. The molecule has 1 fully saturated rings. The molecule has 7 heteroatoms. The van der Waals surface area contributed by atoms with Crippen LogP contribution in [0.25, 0.3) is 0 Å². The van der Waals surface area contributed by atoms with Crippen LogP contribution >= 0.6 is 0 Å². The van der Waals surface area contributed by atoms with Crippen molar-refractivity contribution in [3.05, 3.63) is 40.7 Å². The van der Waals surface area contributed by atoms with Crippen LogP contribution in [0.15, 0.2) is 28.4 Å². The lowest BCUT2D eigenvalue weighted by Crippen LogP contribution is -2.30. The second kappa shape index (κ2) is 8.42. The lowest BCUT2D eigenvalue weighted by Gasteiger charge is -2.23. The van der Waals surface area contributed by atoms with E-state index in [0.717, 1.165) is 38.1 Å². The lowest BCUT2D eigenvalue weighted by atomic mass is 9.97. The Morgan fingerprint density at radius 2 is 2.03 bits per heavy atom. The second-order valence-corrected chi connectivity index (χ2v) is 8.30. The normalized spacial score (nSPS) is 18.7. The molecule has 152 valence electrons. The minimum absolute atomic E-state index is 0.0612. The first-order chi connectivity index (χ1) is 14.1. The molecule has 1 N–H and O–H groups in total. The molecule has 0 amide bonds. The fourth-order valence-electron chi connectivity index (χ4n) is 4.30. The van der Waals surface area contributed by atoms with Gasteiger partial charge in [0.15, 0.2) is 11.5 Å². The molecular formula is C22H29N7. The Morgan fingerprint density at radius 3 is 2.76 bits per heavy atom. The van der Waals surface area contributed by atoms with Gasteiger partial charge in [-0.25, -0.2) is 4.68 Å². The minimum Gasteiger partial charge on any atom is -0.303 e. The number of aromatic nitrogens is 4. The van der Waals surface area contributed by atoms with Gasteiger partial charge in [-0.2, -0.15) is 10.2 Å². The zero-order valence-electron chi connectivity index (χ0n) is 17.3. The van der Waals surface area contributed by atoms with E-state index in [1.165, 1.54) is 29.5 Å². The Balaban J connectivity index is 1.56. The van der Waals surface area contributed by atoms with E-state index >= 15 is 0 Å². The van der Waals surface area contributed by atoms with E-state index in [-0.39, 0.29) is 11.7 Å². The third-order valence-corrected chi connectivity index (χ3v) is 6.12. The zero-order chi connectivity index (χ0) is 20.3. The summed E-state index contributed by atoms with van der Waals surface area (Å²) in [6.07, 6.45) is 12.5. The molecule has 2 aromatic rings. The van der Waals surface area contributed by atoms with E-state index < -0.39 is 0 Å². The fraction of sp³-hybridized carbons (Fsp3) is 0.591. The Kier molecular flexibility index (Phi) is 5.72. The number of hydrogen-bond acceptors (Lipinski definition) is 6. The van der Waals surface area contributed by atoms with E-state index in [9.17, 15) is 0 Å². The van der Waals surface area contributed by atoms with Crippen molar-refractivity contribution in [1.82, 2.24) is 25.5 Å². The highest BCUT2D eigenvalue weighted by atomic mass is 15.6. The van der Waals surface area contributed by atoms with Crippen molar-refractivity contribution in [1.29, 1.82) is 0 Å². The number of tetrazole rings is 1. The molecule has 0 bridgehead atoms. The average Bonchev–Trinajstić information content (AvgIpc) is 3.11. The molecule has 2 heterocycles. The van der Waals surface area contributed by atoms with Crippen molar-refractivity contribution in [3.8, 4) is 12.3 Å². The van der Waals surface area contributed by atoms with Crippen LogP contribution in [0.5, 0.6) is 0 Å². The van der Waals surface area contributed by atoms with Crippen LogP contribution in [0, 0.1) is 26.2 Å². The third kappa shape index (κ3) is 4.38. The van der Waals surface area contributed by atoms with Gasteiger partial charge in [0.05, 0.1) is 12.1 Å². The molecule has 1 aromatic carbocycles. The van der Waals surface area contributed by atoms with Crippen molar-refractivity contribution >= 4 is 0 Å². The number of rotatable bonds is 9. The van der Waals surface area contributed by atoms with E-state index in [1.807, 2.05) is 4.68 Å². The van der Waals surface area contributed by atoms with E-state index in [1.54, 1.807) is 0 Å². The van der Waals surface area contributed by atoms with Gasteiger partial charge in [0.2, 0.25) is 0 Å². The first-order valence-corrected chi connectivity index (χ1v) is 10.6. The maximum absolute atomic E-state index is 5.41. The van der Waals surface area contributed by atoms with Crippen LogP contribution in [-0.2, 0) is 0 Å². The summed E-state index contributed by atoms with van der Waals surface area (Å²) in [4.78, 5) is 0. The quantitative estimate of drug-likeness (QED) is 0.654. The number of hydrogen-bond donors (Lipinski definition) is 1. The van der Waals surface area contributed by atoms with Gasteiger partial charge < -0.3 is 5.32 Å². The van der Waals surface area contributed by atoms with Crippen molar-refractivity contribution in [2.24, 2.45) is 10.2 Å². The number of nitrogens with one attached hydrogen (secondary N) is 1. The minimum atomic E-state index is -0.289. The predicted molar refractivity (Wildman–Crippen MR) is 111 cm³/mol. The average molecular weight is 392 g/mol. The smallest absolute Gasteiger partial charge is 0.193 e. The molecule has 29 heavy (non-hydrogen) atoms. The van der Waals surface area contributed by atoms with E-state index in [2.05, 4.69) is 69.0 Å².